The molecule has 1 aromatic rings. The fraction of sp³-hybridized carbons (Fsp3) is 0.533. The first-order chi connectivity index (χ1) is 8.78. The highest BCUT2D eigenvalue weighted by Crippen LogP contribution is 2.30. The van der Waals surface area contributed by atoms with Gasteiger partial charge in [0, 0.05) is 17.8 Å². The van der Waals surface area contributed by atoms with Crippen molar-refractivity contribution < 1.29 is 9.53 Å². The lowest BCUT2D eigenvalue weighted by molar-refractivity contribution is -0.133. The fourth-order valence-electron chi connectivity index (χ4n) is 2.35. The first kappa shape index (κ1) is 16.0. The van der Waals surface area contributed by atoms with Gasteiger partial charge in [-0.2, -0.15) is 0 Å². The van der Waals surface area contributed by atoms with Crippen LogP contribution in [0.3, 0.4) is 0 Å². The Morgan fingerprint density at radius 2 is 1.79 bits per heavy atom. The van der Waals surface area contributed by atoms with E-state index in [0.717, 1.165) is 5.69 Å². The monoisotopic (exact) mass is 283 g/mol. The minimum Gasteiger partial charge on any atom is -0.380 e. The molecule has 0 saturated carbocycles. The van der Waals surface area contributed by atoms with Gasteiger partial charge in [-0.15, -0.1) is 0 Å². The van der Waals surface area contributed by atoms with Crippen molar-refractivity contribution in [2.75, 3.05) is 12.4 Å². The van der Waals surface area contributed by atoms with E-state index in [1.54, 1.807) is 31.4 Å². The number of carbonyl (C=O) groups excluding carboxylic acids is 1. The predicted octanol–water partition coefficient (Wildman–Crippen LogP) is 3.98. The van der Waals surface area contributed by atoms with Crippen LogP contribution in [0.1, 0.15) is 27.7 Å². The maximum atomic E-state index is 12.4. The van der Waals surface area contributed by atoms with E-state index in [1.807, 2.05) is 27.7 Å². The molecule has 1 rings (SSSR count). The summed E-state index contributed by atoms with van der Waals surface area (Å²) >= 11 is 5.82. The molecule has 0 aliphatic carbocycles. The largest absolute Gasteiger partial charge is 0.380 e. The molecule has 1 unspecified atom stereocenters. The number of benzene rings is 1. The van der Waals surface area contributed by atoms with Gasteiger partial charge in [-0.05, 0) is 44.0 Å². The van der Waals surface area contributed by atoms with E-state index < -0.39 is 5.41 Å². The van der Waals surface area contributed by atoms with Crippen molar-refractivity contribution in [1.82, 2.24) is 0 Å². The highest BCUT2D eigenvalue weighted by Gasteiger charge is 2.38. The van der Waals surface area contributed by atoms with Crippen LogP contribution in [0.25, 0.3) is 0 Å². The van der Waals surface area contributed by atoms with Crippen molar-refractivity contribution in [2.45, 2.75) is 33.8 Å². The van der Waals surface area contributed by atoms with Crippen molar-refractivity contribution >= 4 is 23.2 Å². The zero-order chi connectivity index (χ0) is 14.6. The predicted molar refractivity (Wildman–Crippen MR) is 79.5 cm³/mol. The van der Waals surface area contributed by atoms with Gasteiger partial charge in [-0.25, -0.2) is 0 Å². The van der Waals surface area contributed by atoms with Crippen LogP contribution in [-0.2, 0) is 9.53 Å². The van der Waals surface area contributed by atoms with Crippen molar-refractivity contribution in [3.8, 4) is 0 Å². The highest BCUT2D eigenvalue weighted by molar-refractivity contribution is 6.30. The van der Waals surface area contributed by atoms with Gasteiger partial charge in [-0.1, -0.05) is 25.4 Å². The second kappa shape index (κ2) is 6.40. The molecule has 0 heterocycles. The van der Waals surface area contributed by atoms with Gasteiger partial charge in [0.05, 0.1) is 11.5 Å². The van der Waals surface area contributed by atoms with Crippen LogP contribution in [0.2, 0.25) is 5.02 Å². The summed E-state index contributed by atoms with van der Waals surface area (Å²) in [6.07, 6.45) is -0.139. The molecule has 0 radical (unpaired) electrons. The van der Waals surface area contributed by atoms with E-state index in [1.165, 1.54) is 0 Å². The van der Waals surface area contributed by atoms with Crippen LogP contribution in [0.4, 0.5) is 5.69 Å². The fourth-order valence-corrected chi connectivity index (χ4v) is 2.48. The van der Waals surface area contributed by atoms with Crippen molar-refractivity contribution in [3.63, 3.8) is 0 Å². The van der Waals surface area contributed by atoms with Gasteiger partial charge in [0.2, 0.25) is 5.91 Å². The third-order valence-electron chi connectivity index (χ3n) is 3.26. The normalized spacial score (nSPS) is 13.4. The SMILES string of the molecule is COC(C(C)C)C(C)(C)C(=O)Nc1ccc(Cl)cc1. The summed E-state index contributed by atoms with van der Waals surface area (Å²) in [7, 11) is 1.64. The molecule has 0 fully saturated rings. The Hall–Kier alpha value is -1.06. The number of ether oxygens (including phenoxy) is 1. The van der Waals surface area contributed by atoms with Crippen LogP contribution >= 0.6 is 11.6 Å². The Kier molecular flexibility index (Phi) is 5.39. The van der Waals surface area contributed by atoms with Crippen molar-refractivity contribution in [3.05, 3.63) is 29.3 Å². The first-order valence-corrected chi connectivity index (χ1v) is 6.76. The average Bonchev–Trinajstić information content (AvgIpc) is 2.32. The molecule has 1 amide bonds. The van der Waals surface area contributed by atoms with E-state index in [0.29, 0.717) is 5.02 Å². The van der Waals surface area contributed by atoms with Crippen molar-refractivity contribution in [2.24, 2.45) is 11.3 Å². The molecule has 1 atom stereocenters. The molecule has 0 bridgehead atoms. The molecule has 0 aliphatic heterocycles. The van der Waals surface area contributed by atoms with Gasteiger partial charge in [-0.3, -0.25) is 4.79 Å². The Labute approximate surface area is 120 Å². The van der Waals surface area contributed by atoms with Crippen LogP contribution in [0.5, 0.6) is 0 Å². The van der Waals surface area contributed by atoms with Gasteiger partial charge >= 0.3 is 0 Å². The van der Waals surface area contributed by atoms with E-state index in [9.17, 15) is 4.79 Å². The average molecular weight is 284 g/mol. The number of rotatable bonds is 5. The zero-order valence-electron chi connectivity index (χ0n) is 12.2. The summed E-state index contributed by atoms with van der Waals surface area (Å²) in [5, 5.41) is 3.55. The Morgan fingerprint density at radius 1 is 1.26 bits per heavy atom. The summed E-state index contributed by atoms with van der Waals surface area (Å²) in [6.45, 7) is 7.88. The highest BCUT2D eigenvalue weighted by atomic mass is 35.5. The van der Waals surface area contributed by atoms with Gasteiger partial charge < -0.3 is 10.1 Å². The molecule has 4 heteroatoms. The molecule has 1 aromatic carbocycles. The van der Waals surface area contributed by atoms with Crippen molar-refractivity contribution in [1.29, 1.82) is 0 Å². The van der Waals surface area contributed by atoms with Crippen LogP contribution < -0.4 is 5.32 Å². The zero-order valence-corrected chi connectivity index (χ0v) is 12.9. The molecule has 0 aliphatic rings. The van der Waals surface area contributed by atoms with E-state index in [2.05, 4.69) is 5.32 Å². The first-order valence-electron chi connectivity index (χ1n) is 6.39. The second-order valence-electron chi connectivity index (χ2n) is 5.58. The number of carbonyl (C=O) groups is 1. The lowest BCUT2D eigenvalue weighted by atomic mass is 9.79. The van der Waals surface area contributed by atoms with E-state index >= 15 is 0 Å². The quantitative estimate of drug-likeness (QED) is 0.888. The third kappa shape index (κ3) is 3.95. The molecular formula is C15H22ClNO2. The third-order valence-corrected chi connectivity index (χ3v) is 3.51. The Bertz CT molecular complexity index is 426. The maximum Gasteiger partial charge on any atom is 0.232 e. The van der Waals surface area contributed by atoms with E-state index in [4.69, 9.17) is 16.3 Å². The number of nitrogens with one attached hydrogen (secondary N) is 1. The number of hydrogen-bond donors (Lipinski definition) is 1. The van der Waals surface area contributed by atoms with Crippen LogP contribution in [0.15, 0.2) is 24.3 Å². The van der Waals surface area contributed by atoms with Crippen LogP contribution in [-0.4, -0.2) is 19.1 Å². The minimum absolute atomic E-state index is 0.0598. The standard InChI is InChI=1S/C15H22ClNO2/c1-10(2)13(19-5)15(3,4)14(18)17-12-8-6-11(16)7-9-12/h6-10,13H,1-5H3,(H,17,18). The molecule has 1 N–H and O–H groups in total. The number of anilines is 1. The second-order valence-corrected chi connectivity index (χ2v) is 6.02. The van der Waals surface area contributed by atoms with Gasteiger partial charge in [0.1, 0.15) is 0 Å². The summed E-state index contributed by atoms with van der Waals surface area (Å²) in [5.74, 6) is 0.200. The van der Waals surface area contributed by atoms with Crippen LogP contribution in [0, 0.1) is 11.3 Å². The van der Waals surface area contributed by atoms with Gasteiger partial charge in [0.15, 0.2) is 0 Å². The Balaban J connectivity index is 2.83. The molecule has 0 spiro atoms. The topological polar surface area (TPSA) is 38.3 Å². The summed E-state index contributed by atoms with van der Waals surface area (Å²) < 4.78 is 5.47. The summed E-state index contributed by atoms with van der Waals surface area (Å²) in [5.41, 5.74) is 0.129. The molecule has 3 nitrogen and oxygen atoms in total. The lowest BCUT2D eigenvalue weighted by Gasteiger charge is -2.34. The number of methoxy groups -OCH3 is 1. The number of hydrogen-bond acceptors (Lipinski definition) is 2. The molecule has 19 heavy (non-hydrogen) atoms. The summed E-state index contributed by atoms with van der Waals surface area (Å²) in [4.78, 5) is 12.4. The molecular weight excluding hydrogens is 262 g/mol. The maximum absolute atomic E-state index is 12.4. The number of amides is 1. The smallest absolute Gasteiger partial charge is 0.232 e. The molecule has 0 saturated heterocycles. The molecule has 106 valence electrons. The number of halogens is 1. The lowest BCUT2D eigenvalue weighted by Crippen LogP contribution is -2.44. The molecule has 0 aromatic heterocycles. The Morgan fingerprint density at radius 3 is 2.21 bits per heavy atom. The minimum atomic E-state index is -0.609. The van der Waals surface area contributed by atoms with Gasteiger partial charge in [0.25, 0.3) is 0 Å². The van der Waals surface area contributed by atoms with E-state index in [-0.39, 0.29) is 17.9 Å². The summed E-state index contributed by atoms with van der Waals surface area (Å²) in [6, 6.07) is 7.07.